The lowest BCUT2D eigenvalue weighted by Crippen LogP contribution is -2.24. The summed E-state index contributed by atoms with van der Waals surface area (Å²) in [5, 5.41) is 8.32. The molecule has 3 rings (SSSR count). The first-order chi connectivity index (χ1) is 14.9. The average Bonchev–Trinajstić information content (AvgIpc) is 3.27. The van der Waals surface area contributed by atoms with Crippen LogP contribution < -0.4 is 5.32 Å². The van der Waals surface area contributed by atoms with Gasteiger partial charge in [0.1, 0.15) is 0 Å². The van der Waals surface area contributed by atoms with E-state index in [1.165, 1.54) is 11.9 Å². The Morgan fingerprint density at radius 2 is 1.71 bits per heavy atom. The van der Waals surface area contributed by atoms with Gasteiger partial charge >= 0.3 is 5.97 Å². The van der Waals surface area contributed by atoms with Crippen LogP contribution in [0.2, 0.25) is 0 Å². The minimum absolute atomic E-state index is 0.0377. The molecule has 160 valence electrons. The molecule has 0 atom stereocenters. The number of nitrogens with zero attached hydrogens (tertiary/aromatic N) is 2. The Hall–Kier alpha value is -3.81. The largest absolute Gasteiger partial charge is 0.457 e. The Labute approximate surface area is 179 Å². The number of anilines is 1. The fraction of sp³-hybridized carbons (Fsp3) is 0.261. The highest BCUT2D eigenvalue weighted by Crippen LogP contribution is 2.15. The summed E-state index contributed by atoms with van der Waals surface area (Å²) in [5.74, 6) is -1.46. The Morgan fingerprint density at radius 1 is 1.00 bits per heavy atom. The summed E-state index contributed by atoms with van der Waals surface area (Å²) < 4.78 is 4.99. The predicted octanol–water partition coefficient (Wildman–Crippen LogP) is 2.79. The van der Waals surface area contributed by atoms with E-state index in [9.17, 15) is 19.2 Å². The van der Waals surface area contributed by atoms with Crippen molar-refractivity contribution in [2.75, 3.05) is 18.5 Å². The molecule has 0 saturated carbocycles. The Kier molecular flexibility index (Phi) is 7.26. The third-order valence-electron chi connectivity index (χ3n) is 4.63. The van der Waals surface area contributed by atoms with Crippen molar-refractivity contribution in [2.24, 2.45) is 5.10 Å². The molecule has 1 N–H and O–H groups in total. The van der Waals surface area contributed by atoms with Crippen molar-refractivity contribution < 1.29 is 23.9 Å². The standard InChI is InChI=1S/C23H23N3O5/c1-16(27)24-19-9-7-18(8-10-19)21(28)15-31-23(30)12-11-22(29)26-14-13-20(25-26)17-5-3-2-4-6-17/h2-10H,11-15H2,1H3,(H,24,27). The fourth-order valence-corrected chi connectivity index (χ4v) is 3.05. The Balaban J connectivity index is 1.42. The molecule has 31 heavy (non-hydrogen) atoms. The van der Waals surface area contributed by atoms with E-state index < -0.39 is 12.6 Å². The van der Waals surface area contributed by atoms with E-state index in [1.807, 2.05) is 30.3 Å². The van der Waals surface area contributed by atoms with Crippen LogP contribution in [0.4, 0.5) is 5.69 Å². The summed E-state index contributed by atoms with van der Waals surface area (Å²) in [5.41, 5.74) is 2.74. The van der Waals surface area contributed by atoms with Gasteiger partial charge in [0.25, 0.3) is 0 Å². The van der Waals surface area contributed by atoms with Gasteiger partial charge in [-0.15, -0.1) is 0 Å². The number of hydrazone groups is 1. The molecule has 8 nitrogen and oxygen atoms in total. The number of hydrogen-bond donors (Lipinski definition) is 1. The lowest BCUT2D eigenvalue weighted by Gasteiger charge is -2.11. The van der Waals surface area contributed by atoms with E-state index in [0.29, 0.717) is 24.2 Å². The number of hydrogen-bond acceptors (Lipinski definition) is 6. The fourth-order valence-electron chi connectivity index (χ4n) is 3.05. The molecule has 2 aromatic carbocycles. The maximum absolute atomic E-state index is 12.3. The Morgan fingerprint density at radius 3 is 2.39 bits per heavy atom. The van der Waals surface area contributed by atoms with Crippen LogP contribution in [0.5, 0.6) is 0 Å². The summed E-state index contributed by atoms with van der Waals surface area (Å²) in [4.78, 5) is 47.4. The topological polar surface area (TPSA) is 105 Å². The smallest absolute Gasteiger partial charge is 0.306 e. The molecule has 2 aromatic rings. The molecule has 0 bridgehead atoms. The number of benzene rings is 2. The van der Waals surface area contributed by atoms with Crippen LogP contribution in [-0.4, -0.2) is 47.4 Å². The van der Waals surface area contributed by atoms with Crippen molar-refractivity contribution in [2.45, 2.75) is 26.2 Å². The first kappa shape index (κ1) is 21.9. The van der Waals surface area contributed by atoms with Crippen LogP contribution in [0, 0.1) is 0 Å². The molecular weight excluding hydrogens is 398 g/mol. The highest BCUT2D eigenvalue weighted by molar-refractivity contribution is 6.02. The lowest BCUT2D eigenvalue weighted by molar-refractivity contribution is -0.145. The molecule has 0 aromatic heterocycles. The van der Waals surface area contributed by atoms with Gasteiger partial charge < -0.3 is 10.1 Å². The van der Waals surface area contributed by atoms with Crippen molar-refractivity contribution in [3.05, 3.63) is 65.7 Å². The highest BCUT2D eigenvalue weighted by atomic mass is 16.5. The van der Waals surface area contributed by atoms with Gasteiger partial charge in [0, 0.05) is 31.0 Å². The lowest BCUT2D eigenvalue weighted by atomic mass is 10.1. The van der Waals surface area contributed by atoms with E-state index in [4.69, 9.17) is 4.74 Å². The molecule has 1 aliphatic rings. The van der Waals surface area contributed by atoms with E-state index >= 15 is 0 Å². The summed E-state index contributed by atoms with van der Waals surface area (Å²) in [6.07, 6.45) is 0.500. The second-order valence-electron chi connectivity index (χ2n) is 7.02. The van der Waals surface area contributed by atoms with E-state index in [0.717, 1.165) is 11.3 Å². The predicted molar refractivity (Wildman–Crippen MR) is 115 cm³/mol. The molecule has 1 aliphatic heterocycles. The van der Waals surface area contributed by atoms with Crippen molar-refractivity contribution in [3.8, 4) is 0 Å². The zero-order chi connectivity index (χ0) is 22.2. The number of amides is 2. The minimum Gasteiger partial charge on any atom is -0.457 e. The van der Waals surface area contributed by atoms with Gasteiger partial charge in [-0.1, -0.05) is 30.3 Å². The Bertz CT molecular complexity index is 1000. The van der Waals surface area contributed by atoms with Crippen LogP contribution in [0.3, 0.4) is 0 Å². The van der Waals surface area contributed by atoms with Crippen molar-refractivity contribution in [1.82, 2.24) is 5.01 Å². The van der Waals surface area contributed by atoms with Crippen molar-refractivity contribution in [3.63, 3.8) is 0 Å². The molecule has 0 unspecified atom stereocenters. The van der Waals surface area contributed by atoms with E-state index in [1.54, 1.807) is 24.3 Å². The van der Waals surface area contributed by atoms with E-state index in [-0.39, 0.29) is 30.4 Å². The molecule has 1 heterocycles. The van der Waals surface area contributed by atoms with Gasteiger partial charge in [0.15, 0.2) is 12.4 Å². The molecule has 0 aliphatic carbocycles. The number of ether oxygens (including phenoxy) is 1. The van der Waals surface area contributed by atoms with Crippen LogP contribution in [0.15, 0.2) is 59.7 Å². The first-order valence-electron chi connectivity index (χ1n) is 9.92. The van der Waals surface area contributed by atoms with Crippen molar-refractivity contribution >= 4 is 35.0 Å². The third kappa shape index (κ3) is 6.33. The number of carbonyl (C=O) groups is 4. The van der Waals surface area contributed by atoms with Gasteiger partial charge in [-0.3, -0.25) is 19.2 Å². The first-order valence-corrected chi connectivity index (χ1v) is 9.92. The van der Waals surface area contributed by atoms with E-state index in [2.05, 4.69) is 10.4 Å². The molecule has 0 spiro atoms. The molecule has 0 saturated heterocycles. The zero-order valence-electron chi connectivity index (χ0n) is 17.2. The summed E-state index contributed by atoms with van der Waals surface area (Å²) in [6.45, 7) is 1.46. The summed E-state index contributed by atoms with van der Waals surface area (Å²) in [6, 6.07) is 15.9. The van der Waals surface area contributed by atoms with Crippen LogP contribution in [0.25, 0.3) is 0 Å². The van der Waals surface area contributed by atoms with Gasteiger partial charge in [-0.05, 0) is 29.8 Å². The highest BCUT2D eigenvalue weighted by Gasteiger charge is 2.22. The number of rotatable bonds is 8. The van der Waals surface area contributed by atoms with Crippen molar-refractivity contribution in [1.29, 1.82) is 0 Å². The maximum atomic E-state index is 12.3. The minimum atomic E-state index is -0.622. The van der Waals surface area contributed by atoms with Gasteiger partial charge in [0.2, 0.25) is 11.8 Å². The number of carbonyl (C=O) groups excluding carboxylic acids is 4. The zero-order valence-corrected chi connectivity index (χ0v) is 17.2. The quantitative estimate of drug-likeness (QED) is 0.521. The molecule has 8 heteroatoms. The van der Waals surface area contributed by atoms with Gasteiger partial charge in [-0.2, -0.15) is 5.10 Å². The number of nitrogens with one attached hydrogen (secondary N) is 1. The molecule has 0 fully saturated rings. The van der Waals surface area contributed by atoms with Crippen LogP contribution in [0.1, 0.15) is 42.1 Å². The normalized spacial score (nSPS) is 12.8. The third-order valence-corrected chi connectivity index (χ3v) is 4.63. The monoisotopic (exact) mass is 421 g/mol. The van der Waals surface area contributed by atoms with Gasteiger partial charge in [-0.25, -0.2) is 5.01 Å². The maximum Gasteiger partial charge on any atom is 0.306 e. The number of ketones is 1. The molecular formula is C23H23N3O5. The molecule has 2 amide bonds. The summed E-state index contributed by atoms with van der Waals surface area (Å²) >= 11 is 0. The number of Topliss-reactive ketones (excluding diaryl/α,β-unsaturated/α-hetero) is 1. The summed E-state index contributed by atoms with van der Waals surface area (Å²) in [7, 11) is 0. The SMILES string of the molecule is CC(=O)Nc1ccc(C(=O)COC(=O)CCC(=O)N2CCC(c3ccccc3)=N2)cc1. The number of esters is 1. The molecule has 0 radical (unpaired) electrons. The van der Waals surface area contributed by atoms with Crippen LogP contribution in [-0.2, 0) is 19.1 Å². The average molecular weight is 421 g/mol. The second-order valence-corrected chi connectivity index (χ2v) is 7.02. The second kappa shape index (κ2) is 10.3. The van der Waals surface area contributed by atoms with Crippen LogP contribution >= 0.6 is 0 Å². The van der Waals surface area contributed by atoms with Gasteiger partial charge in [0.05, 0.1) is 18.7 Å².